The van der Waals surface area contributed by atoms with Gasteiger partial charge < -0.3 is 10.2 Å². The van der Waals surface area contributed by atoms with Crippen LogP contribution in [0.3, 0.4) is 0 Å². The molecule has 1 aromatic heterocycles. The monoisotopic (exact) mass is 276 g/mol. The Morgan fingerprint density at radius 3 is 2.50 bits per heavy atom. The van der Waals surface area contributed by atoms with Crippen LogP contribution in [-0.4, -0.2) is 39.9 Å². The smallest absolute Gasteiger partial charge is 0.244 e. The van der Waals surface area contributed by atoms with Crippen molar-refractivity contribution in [2.75, 3.05) is 18.4 Å². The number of aromatic nitrogens is 2. The van der Waals surface area contributed by atoms with Crippen molar-refractivity contribution in [2.24, 2.45) is 0 Å². The number of anilines is 1. The van der Waals surface area contributed by atoms with Gasteiger partial charge in [-0.15, -0.1) is 0 Å². The number of nitrogens with one attached hydrogen (secondary N) is 1. The minimum atomic E-state index is -0.248. The van der Waals surface area contributed by atoms with Crippen LogP contribution >= 0.6 is 0 Å². The van der Waals surface area contributed by atoms with Crippen LogP contribution in [0.1, 0.15) is 51.0 Å². The first-order chi connectivity index (χ1) is 9.47. The van der Waals surface area contributed by atoms with Crippen LogP contribution in [0, 0.1) is 6.92 Å². The third kappa shape index (κ3) is 3.46. The number of hydrogen-bond acceptors (Lipinski definition) is 4. The molecule has 1 N–H and O–H groups in total. The van der Waals surface area contributed by atoms with E-state index in [4.69, 9.17) is 0 Å². The quantitative estimate of drug-likeness (QED) is 0.917. The van der Waals surface area contributed by atoms with Crippen LogP contribution in [0.5, 0.6) is 0 Å². The molecule has 0 bridgehead atoms. The van der Waals surface area contributed by atoms with Crippen molar-refractivity contribution >= 4 is 11.7 Å². The van der Waals surface area contributed by atoms with Crippen LogP contribution in [-0.2, 0) is 4.79 Å². The number of rotatable bonds is 4. The molecule has 1 fully saturated rings. The van der Waals surface area contributed by atoms with Crippen LogP contribution < -0.4 is 5.32 Å². The average molecular weight is 276 g/mol. The Balaban J connectivity index is 2.06. The fourth-order valence-electron chi connectivity index (χ4n) is 2.42. The van der Waals surface area contributed by atoms with Gasteiger partial charge in [-0.2, -0.15) is 0 Å². The van der Waals surface area contributed by atoms with E-state index in [-0.39, 0.29) is 17.9 Å². The summed E-state index contributed by atoms with van der Waals surface area (Å²) in [5.74, 6) is 1.99. The largest absolute Gasteiger partial charge is 0.359 e. The topological polar surface area (TPSA) is 58.1 Å². The maximum Gasteiger partial charge on any atom is 0.244 e. The van der Waals surface area contributed by atoms with Crippen molar-refractivity contribution in [1.29, 1.82) is 0 Å². The summed E-state index contributed by atoms with van der Waals surface area (Å²) >= 11 is 0. The van der Waals surface area contributed by atoms with Gasteiger partial charge in [0.1, 0.15) is 17.7 Å². The Bertz CT molecular complexity index is 481. The van der Waals surface area contributed by atoms with Gasteiger partial charge in [-0.25, -0.2) is 9.97 Å². The highest BCUT2D eigenvalue weighted by Gasteiger charge is 2.23. The van der Waals surface area contributed by atoms with Gasteiger partial charge in [-0.3, -0.25) is 4.79 Å². The maximum atomic E-state index is 12.3. The van der Waals surface area contributed by atoms with Crippen molar-refractivity contribution in [3.8, 4) is 0 Å². The predicted octanol–water partition coefficient (Wildman–Crippen LogP) is 2.33. The SMILES string of the molecule is Cc1cc(NC(C)C(=O)N2CCCC2)nc(C(C)C)n1. The van der Waals surface area contributed by atoms with E-state index in [9.17, 15) is 4.79 Å². The number of carbonyl (C=O) groups excluding carboxylic acids is 1. The molecule has 1 atom stereocenters. The summed E-state index contributed by atoms with van der Waals surface area (Å²) in [5.41, 5.74) is 0.923. The van der Waals surface area contributed by atoms with Crippen LogP contribution in [0.2, 0.25) is 0 Å². The first-order valence-electron chi connectivity index (χ1n) is 7.38. The highest BCUT2D eigenvalue weighted by atomic mass is 16.2. The summed E-state index contributed by atoms with van der Waals surface area (Å²) in [6.45, 7) is 9.74. The van der Waals surface area contributed by atoms with Gasteiger partial charge in [0, 0.05) is 30.8 Å². The van der Waals surface area contributed by atoms with Gasteiger partial charge in [-0.05, 0) is 26.7 Å². The molecule has 0 spiro atoms. The molecule has 110 valence electrons. The first-order valence-corrected chi connectivity index (χ1v) is 7.38. The van der Waals surface area contributed by atoms with Crippen LogP contribution in [0.4, 0.5) is 5.82 Å². The lowest BCUT2D eigenvalue weighted by molar-refractivity contribution is -0.130. The number of hydrogen-bond donors (Lipinski definition) is 1. The maximum absolute atomic E-state index is 12.3. The van der Waals surface area contributed by atoms with Gasteiger partial charge in [-0.1, -0.05) is 13.8 Å². The van der Waals surface area contributed by atoms with E-state index in [0.29, 0.717) is 0 Å². The standard InChI is InChI=1S/C15H24N4O/c1-10(2)14-16-11(3)9-13(18-14)17-12(4)15(20)19-7-5-6-8-19/h9-10,12H,5-8H2,1-4H3,(H,16,17,18). The van der Waals surface area contributed by atoms with Crippen molar-refractivity contribution < 1.29 is 4.79 Å². The number of aryl methyl sites for hydroxylation is 1. The van der Waals surface area contributed by atoms with Crippen molar-refractivity contribution in [3.63, 3.8) is 0 Å². The van der Waals surface area contributed by atoms with Gasteiger partial charge >= 0.3 is 0 Å². The zero-order valence-electron chi connectivity index (χ0n) is 12.8. The summed E-state index contributed by atoms with van der Waals surface area (Å²) < 4.78 is 0. The van der Waals surface area contributed by atoms with E-state index in [0.717, 1.165) is 43.3 Å². The molecule has 2 rings (SSSR count). The summed E-state index contributed by atoms with van der Waals surface area (Å²) in [6, 6.07) is 1.64. The molecular formula is C15H24N4O. The molecule has 5 nitrogen and oxygen atoms in total. The molecule has 20 heavy (non-hydrogen) atoms. The van der Waals surface area contributed by atoms with Gasteiger partial charge in [0.15, 0.2) is 0 Å². The second kappa shape index (κ2) is 6.20. The van der Waals surface area contributed by atoms with Crippen molar-refractivity contribution in [3.05, 3.63) is 17.6 Å². The molecule has 1 amide bonds. The Labute approximate surface area is 120 Å². The highest BCUT2D eigenvalue weighted by molar-refractivity contribution is 5.84. The first kappa shape index (κ1) is 14.8. The summed E-state index contributed by atoms with van der Waals surface area (Å²) in [7, 11) is 0. The second-order valence-corrected chi connectivity index (χ2v) is 5.81. The molecular weight excluding hydrogens is 252 g/mol. The molecule has 1 aromatic rings. The van der Waals surface area contributed by atoms with E-state index in [2.05, 4.69) is 29.1 Å². The summed E-state index contributed by atoms with van der Waals surface area (Å²) in [6.07, 6.45) is 2.23. The lowest BCUT2D eigenvalue weighted by atomic mass is 10.2. The van der Waals surface area contributed by atoms with E-state index in [1.807, 2.05) is 24.8 Å². The third-order valence-electron chi connectivity index (χ3n) is 3.54. The number of carbonyl (C=O) groups is 1. The summed E-state index contributed by atoms with van der Waals surface area (Å²) in [5, 5.41) is 3.21. The van der Waals surface area contributed by atoms with Crippen LogP contribution in [0.25, 0.3) is 0 Å². The van der Waals surface area contributed by atoms with Crippen molar-refractivity contribution in [2.45, 2.75) is 52.5 Å². The zero-order valence-corrected chi connectivity index (χ0v) is 12.8. The Morgan fingerprint density at radius 2 is 1.90 bits per heavy atom. The Morgan fingerprint density at radius 1 is 1.25 bits per heavy atom. The van der Waals surface area contributed by atoms with Crippen molar-refractivity contribution in [1.82, 2.24) is 14.9 Å². The Hall–Kier alpha value is -1.65. The Kier molecular flexibility index (Phi) is 4.57. The molecule has 0 aliphatic carbocycles. The van der Waals surface area contributed by atoms with Crippen LogP contribution in [0.15, 0.2) is 6.07 Å². The predicted molar refractivity (Wildman–Crippen MR) is 79.8 cm³/mol. The molecule has 1 unspecified atom stereocenters. The minimum absolute atomic E-state index is 0.157. The molecule has 1 aliphatic heterocycles. The number of likely N-dealkylation sites (tertiary alicyclic amines) is 1. The fraction of sp³-hybridized carbons (Fsp3) is 0.667. The second-order valence-electron chi connectivity index (χ2n) is 5.81. The normalized spacial score (nSPS) is 16.6. The molecule has 2 heterocycles. The zero-order chi connectivity index (χ0) is 14.7. The molecule has 5 heteroatoms. The fourth-order valence-corrected chi connectivity index (χ4v) is 2.42. The van der Waals surface area contributed by atoms with E-state index in [1.165, 1.54) is 0 Å². The highest BCUT2D eigenvalue weighted by Crippen LogP contribution is 2.15. The molecule has 0 radical (unpaired) electrons. The molecule has 1 aliphatic rings. The van der Waals surface area contributed by atoms with E-state index in [1.54, 1.807) is 0 Å². The number of amides is 1. The van der Waals surface area contributed by atoms with E-state index < -0.39 is 0 Å². The van der Waals surface area contributed by atoms with Gasteiger partial charge in [0.25, 0.3) is 0 Å². The average Bonchev–Trinajstić information content (AvgIpc) is 2.90. The number of nitrogens with zero attached hydrogens (tertiary/aromatic N) is 3. The third-order valence-corrected chi connectivity index (χ3v) is 3.54. The summed E-state index contributed by atoms with van der Waals surface area (Å²) in [4.78, 5) is 23.1. The molecule has 0 aromatic carbocycles. The molecule has 1 saturated heterocycles. The minimum Gasteiger partial charge on any atom is -0.359 e. The van der Waals surface area contributed by atoms with Gasteiger partial charge in [0.05, 0.1) is 0 Å². The van der Waals surface area contributed by atoms with Gasteiger partial charge in [0.2, 0.25) is 5.91 Å². The molecule has 0 saturated carbocycles. The lowest BCUT2D eigenvalue weighted by Gasteiger charge is -2.22. The van der Waals surface area contributed by atoms with E-state index >= 15 is 0 Å². The lowest BCUT2D eigenvalue weighted by Crippen LogP contribution is -2.39.